The van der Waals surface area contributed by atoms with Gasteiger partial charge in [0.2, 0.25) is 0 Å². The highest BCUT2D eigenvalue weighted by Gasteiger charge is 2.33. The van der Waals surface area contributed by atoms with E-state index >= 15 is 0 Å². The van der Waals surface area contributed by atoms with Crippen LogP contribution in [0.5, 0.6) is 0 Å². The zero-order valence-corrected chi connectivity index (χ0v) is 22.4. The topological polar surface area (TPSA) is 77.0 Å². The Morgan fingerprint density at radius 3 is 2.23 bits per heavy atom. The van der Waals surface area contributed by atoms with Gasteiger partial charge in [0.15, 0.2) is 0 Å². The van der Waals surface area contributed by atoms with Crippen LogP contribution in [-0.2, 0) is 0 Å². The number of nitrogens with one attached hydrogen (secondary N) is 4. The van der Waals surface area contributed by atoms with Gasteiger partial charge in [0.25, 0.3) is 0 Å². The fourth-order valence-corrected chi connectivity index (χ4v) is 4.27. The molecule has 2 amide bonds. The van der Waals surface area contributed by atoms with Crippen LogP contribution in [-0.4, -0.2) is 24.3 Å². The largest absolute Gasteiger partial charge is 0.355 e. The van der Waals surface area contributed by atoms with Crippen LogP contribution in [0.4, 0.5) is 20.6 Å². The van der Waals surface area contributed by atoms with E-state index in [0.717, 1.165) is 41.8 Å². The summed E-state index contributed by atoms with van der Waals surface area (Å²) in [4.78, 5) is 12.7. The smallest absolute Gasteiger partial charge is 0.315 e. The van der Waals surface area contributed by atoms with Crippen molar-refractivity contribution in [1.82, 2.24) is 10.6 Å². The molecule has 2 aromatic rings. The number of hydrogen-bond acceptors (Lipinski definition) is 3. The minimum absolute atomic E-state index is 0.133. The van der Waals surface area contributed by atoms with Gasteiger partial charge in [0, 0.05) is 35.2 Å². The van der Waals surface area contributed by atoms with Crippen LogP contribution < -0.4 is 16.0 Å². The molecule has 5 nitrogen and oxygen atoms in total. The number of amides is 2. The van der Waals surface area contributed by atoms with E-state index in [1.54, 1.807) is 12.1 Å². The van der Waals surface area contributed by atoms with Gasteiger partial charge in [-0.25, -0.2) is 9.18 Å². The van der Waals surface area contributed by atoms with E-state index in [9.17, 15) is 9.18 Å². The Labute approximate surface area is 210 Å². The van der Waals surface area contributed by atoms with Crippen LogP contribution in [0.15, 0.2) is 42.5 Å². The first kappa shape index (κ1) is 28.3. The van der Waals surface area contributed by atoms with Crippen molar-refractivity contribution in [3.63, 3.8) is 0 Å². The Hall–Kier alpha value is -2.89. The molecule has 1 atom stereocenters. The zero-order valence-electron chi connectivity index (χ0n) is 22.4. The third-order valence-electron chi connectivity index (χ3n) is 7.09. The van der Waals surface area contributed by atoms with E-state index < -0.39 is 0 Å². The molecule has 2 rings (SSSR count). The summed E-state index contributed by atoms with van der Waals surface area (Å²) >= 11 is 0. The van der Waals surface area contributed by atoms with Crippen LogP contribution >= 0.6 is 0 Å². The van der Waals surface area contributed by atoms with Crippen LogP contribution in [0.2, 0.25) is 0 Å². The fourth-order valence-electron chi connectivity index (χ4n) is 4.27. The summed E-state index contributed by atoms with van der Waals surface area (Å²) in [6, 6.07) is 12.2. The van der Waals surface area contributed by atoms with Gasteiger partial charge in [-0.1, -0.05) is 47.6 Å². The van der Waals surface area contributed by atoms with E-state index in [1.165, 1.54) is 18.3 Å². The zero-order chi connectivity index (χ0) is 26.2. The van der Waals surface area contributed by atoms with E-state index in [0.29, 0.717) is 12.5 Å². The standard InChI is InChI=1S/C29H43FN4O/c1-8-29(7,9-2)34-27(35)32-19-28(5,6)25(16-20(3)4)21-10-15-26(22(17-21)18-31)33-24-13-11-23(30)12-14-24/h10-15,17-18,20,25,31,33H,8-9,16,19H2,1-7H3,(H2,32,34,35). The van der Waals surface area contributed by atoms with Gasteiger partial charge in [-0.05, 0) is 85.4 Å². The van der Waals surface area contributed by atoms with Gasteiger partial charge < -0.3 is 21.4 Å². The first-order chi connectivity index (χ1) is 16.4. The van der Waals surface area contributed by atoms with E-state index in [4.69, 9.17) is 5.41 Å². The van der Waals surface area contributed by atoms with Crippen molar-refractivity contribution in [2.45, 2.75) is 79.2 Å². The second-order valence-corrected chi connectivity index (χ2v) is 10.9. The summed E-state index contributed by atoms with van der Waals surface area (Å²) in [5.41, 5.74) is 3.05. The Morgan fingerprint density at radius 1 is 1.06 bits per heavy atom. The molecule has 0 aromatic heterocycles. The molecule has 0 radical (unpaired) electrons. The second kappa shape index (κ2) is 12.2. The Bertz CT molecular complexity index is 981. The van der Waals surface area contributed by atoms with Gasteiger partial charge in [0.1, 0.15) is 5.82 Å². The van der Waals surface area contributed by atoms with Crippen LogP contribution in [0.1, 0.15) is 84.8 Å². The van der Waals surface area contributed by atoms with Gasteiger partial charge in [-0.15, -0.1) is 0 Å². The lowest BCUT2D eigenvalue weighted by Gasteiger charge is -2.37. The predicted octanol–water partition coefficient (Wildman–Crippen LogP) is 7.60. The average Bonchev–Trinajstić information content (AvgIpc) is 2.82. The lowest BCUT2D eigenvalue weighted by atomic mass is 9.71. The quantitative estimate of drug-likeness (QED) is 0.235. The lowest BCUT2D eigenvalue weighted by Crippen LogP contribution is -2.51. The molecule has 0 saturated carbocycles. The van der Waals surface area contributed by atoms with Gasteiger partial charge in [-0.2, -0.15) is 0 Å². The summed E-state index contributed by atoms with van der Waals surface area (Å²) in [5.74, 6) is 0.371. The van der Waals surface area contributed by atoms with Crippen molar-refractivity contribution in [2.75, 3.05) is 11.9 Å². The third-order valence-corrected chi connectivity index (χ3v) is 7.09. The predicted molar refractivity (Wildman–Crippen MR) is 146 cm³/mol. The molecule has 0 saturated heterocycles. The number of carbonyl (C=O) groups excluding carboxylic acids is 1. The molecule has 4 N–H and O–H groups in total. The number of urea groups is 1. The molecule has 0 fully saturated rings. The molecule has 0 spiro atoms. The number of halogens is 1. The molecule has 1 unspecified atom stereocenters. The van der Waals surface area contributed by atoms with Crippen LogP contribution in [0, 0.1) is 22.6 Å². The Balaban J connectivity index is 2.25. The first-order valence-corrected chi connectivity index (χ1v) is 12.7. The highest BCUT2D eigenvalue weighted by molar-refractivity contribution is 5.87. The first-order valence-electron chi connectivity index (χ1n) is 12.7. The molecule has 0 aliphatic heterocycles. The number of benzene rings is 2. The SMILES string of the molecule is CCC(C)(CC)NC(=O)NCC(C)(C)C(CC(C)C)c1ccc(Nc2ccc(F)cc2)c(C=N)c1. The minimum atomic E-state index is -0.284. The average molecular weight is 483 g/mol. The second-order valence-electron chi connectivity index (χ2n) is 10.9. The maximum atomic E-state index is 13.3. The highest BCUT2D eigenvalue weighted by atomic mass is 19.1. The molecule has 35 heavy (non-hydrogen) atoms. The van der Waals surface area contributed by atoms with Crippen LogP contribution in [0.3, 0.4) is 0 Å². The van der Waals surface area contributed by atoms with Crippen LogP contribution in [0.25, 0.3) is 0 Å². The van der Waals surface area contributed by atoms with Crippen molar-refractivity contribution in [1.29, 1.82) is 5.41 Å². The molecular formula is C29H43FN4O. The number of rotatable bonds is 12. The molecule has 2 aromatic carbocycles. The molecule has 0 aliphatic carbocycles. The summed E-state index contributed by atoms with van der Waals surface area (Å²) in [6.07, 6.45) is 4.05. The van der Waals surface area contributed by atoms with E-state index in [-0.39, 0.29) is 28.7 Å². The van der Waals surface area contributed by atoms with Crippen molar-refractivity contribution in [3.05, 3.63) is 59.4 Å². The highest BCUT2D eigenvalue weighted by Crippen LogP contribution is 2.41. The summed E-state index contributed by atoms with van der Waals surface area (Å²) in [7, 11) is 0. The summed E-state index contributed by atoms with van der Waals surface area (Å²) in [6.45, 7) is 15.6. The summed E-state index contributed by atoms with van der Waals surface area (Å²) in [5, 5.41) is 17.5. The number of anilines is 2. The lowest BCUT2D eigenvalue weighted by molar-refractivity contribution is 0.206. The third kappa shape index (κ3) is 8.08. The van der Waals surface area contributed by atoms with Crippen molar-refractivity contribution < 1.29 is 9.18 Å². The molecule has 0 aliphatic rings. The summed E-state index contributed by atoms with van der Waals surface area (Å²) < 4.78 is 13.3. The molecule has 6 heteroatoms. The number of carbonyl (C=O) groups is 1. The fraction of sp³-hybridized carbons (Fsp3) is 0.517. The maximum absolute atomic E-state index is 13.3. The van der Waals surface area contributed by atoms with Gasteiger partial charge in [0.05, 0.1) is 0 Å². The monoisotopic (exact) mass is 482 g/mol. The molecule has 0 bridgehead atoms. The Kier molecular flexibility index (Phi) is 9.87. The van der Waals surface area contributed by atoms with Gasteiger partial charge in [-0.3, -0.25) is 0 Å². The van der Waals surface area contributed by atoms with E-state index in [1.807, 2.05) is 6.07 Å². The number of hydrogen-bond donors (Lipinski definition) is 4. The van der Waals surface area contributed by atoms with E-state index in [2.05, 4.69) is 76.5 Å². The normalized spacial score (nSPS) is 12.8. The molecular weight excluding hydrogens is 439 g/mol. The van der Waals surface area contributed by atoms with Gasteiger partial charge >= 0.3 is 6.03 Å². The minimum Gasteiger partial charge on any atom is -0.355 e. The van der Waals surface area contributed by atoms with Crippen molar-refractivity contribution in [3.8, 4) is 0 Å². The van der Waals surface area contributed by atoms with Crippen molar-refractivity contribution >= 4 is 23.6 Å². The molecule has 0 heterocycles. The molecule has 192 valence electrons. The van der Waals surface area contributed by atoms with Crippen molar-refractivity contribution in [2.24, 2.45) is 11.3 Å². The maximum Gasteiger partial charge on any atom is 0.315 e. The Morgan fingerprint density at radius 2 is 1.69 bits per heavy atom.